The Bertz CT molecular complexity index is 1460. The van der Waals surface area contributed by atoms with Gasteiger partial charge in [-0.2, -0.15) is 12.7 Å². The summed E-state index contributed by atoms with van der Waals surface area (Å²) in [4.78, 5) is 10.5. The second-order valence-electron chi connectivity index (χ2n) is 9.38. The van der Waals surface area contributed by atoms with Crippen LogP contribution in [0.4, 0.5) is 5.69 Å². The number of hydrogen-bond acceptors (Lipinski definition) is 5. The van der Waals surface area contributed by atoms with Gasteiger partial charge in [-0.3, -0.25) is 0 Å². The first kappa shape index (κ1) is 26.0. The average molecular weight is 532 g/mol. The molecule has 3 aromatic carbocycles. The van der Waals surface area contributed by atoms with Crippen molar-refractivity contribution in [2.45, 2.75) is 13.3 Å². The van der Waals surface area contributed by atoms with Crippen LogP contribution < -0.4 is 14.4 Å². The van der Waals surface area contributed by atoms with Crippen molar-refractivity contribution >= 4 is 15.9 Å². The van der Waals surface area contributed by atoms with Crippen LogP contribution in [0.25, 0.3) is 22.6 Å². The number of aromatic nitrogens is 2. The van der Waals surface area contributed by atoms with Crippen LogP contribution in [0.2, 0.25) is 0 Å². The molecule has 2 N–H and O–H groups in total. The van der Waals surface area contributed by atoms with Gasteiger partial charge in [0.1, 0.15) is 11.6 Å². The van der Waals surface area contributed by atoms with Gasteiger partial charge >= 0.3 is 0 Å². The predicted molar refractivity (Wildman–Crippen MR) is 152 cm³/mol. The summed E-state index contributed by atoms with van der Waals surface area (Å²) in [5.74, 6) is 1.52. The molecule has 1 aliphatic rings. The van der Waals surface area contributed by atoms with Gasteiger partial charge in [0.25, 0.3) is 10.2 Å². The van der Waals surface area contributed by atoms with E-state index >= 15 is 0 Å². The zero-order valence-corrected chi connectivity index (χ0v) is 22.5. The molecule has 5 rings (SSSR count). The second kappa shape index (κ2) is 11.4. The fourth-order valence-corrected chi connectivity index (χ4v) is 5.90. The van der Waals surface area contributed by atoms with E-state index < -0.39 is 10.2 Å². The van der Waals surface area contributed by atoms with Gasteiger partial charge in [0, 0.05) is 61.7 Å². The topological polar surface area (TPSA) is 90.6 Å². The molecule has 0 atom stereocenters. The maximum absolute atomic E-state index is 13.1. The minimum absolute atomic E-state index is 0.264. The summed E-state index contributed by atoms with van der Waals surface area (Å²) in [7, 11) is -1.96. The maximum atomic E-state index is 13.1. The molecule has 9 heteroatoms. The molecule has 4 aromatic rings. The third kappa shape index (κ3) is 5.91. The Hall–Kier alpha value is -3.66. The molecule has 0 spiro atoms. The first-order valence-corrected chi connectivity index (χ1v) is 14.2. The fourth-order valence-electron chi connectivity index (χ4n) is 4.72. The number of aromatic amines is 1. The lowest BCUT2D eigenvalue weighted by Gasteiger charge is -2.35. The van der Waals surface area contributed by atoms with E-state index in [9.17, 15) is 8.42 Å². The number of hydrogen-bond donors (Lipinski definition) is 2. The molecule has 1 fully saturated rings. The van der Waals surface area contributed by atoms with E-state index in [2.05, 4.69) is 39.7 Å². The van der Waals surface area contributed by atoms with E-state index in [-0.39, 0.29) is 6.54 Å². The zero-order chi connectivity index (χ0) is 26.5. The number of ether oxygens (including phenoxy) is 1. The smallest absolute Gasteiger partial charge is 0.279 e. The molecular weight excluding hydrogens is 498 g/mol. The maximum Gasteiger partial charge on any atom is 0.279 e. The molecule has 1 saturated heterocycles. The highest BCUT2D eigenvalue weighted by molar-refractivity contribution is 7.87. The number of H-pyrrole nitrogens is 1. The number of anilines is 1. The lowest BCUT2D eigenvalue weighted by molar-refractivity contribution is 0.378. The largest absolute Gasteiger partial charge is 0.497 e. The summed E-state index contributed by atoms with van der Waals surface area (Å²) in [5, 5.41) is 0. The molecule has 1 aliphatic heterocycles. The highest BCUT2D eigenvalue weighted by Gasteiger charge is 2.27. The number of aryl methyl sites for hydroxylation is 1. The van der Waals surface area contributed by atoms with Gasteiger partial charge < -0.3 is 14.6 Å². The van der Waals surface area contributed by atoms with Crippen LogP contribution >= 0.6 is 0 Å². The molecule has 1 aromatic heterocycles. The number of piperazine rings is 1. The van der Waals surface area contributed by atoms with Crippen molar-refractivity contribution in [3.8, 4) is 28.4 Å². The Labute approximate surface area is 224 Å². The van der Waals surface area contributed by atoms with E-state index in [0.29, 0.717) is 32.6 Å². The van der Waals surface area contributed by atoms with E-state index in [4.69, 9.17) is 9.72 Å². The summed E-state index contributed by atoms with van der Waals surface area (Å²) >= 11 is 0. The van der Waals surface area contributed by atoms with Crippen LogP contribution in [0.1, 0.15) is 11.3 Å². The molecule has 8 nitrogen and oxygen atoms in total. The minimum Gasteiger partial charge on any atom is -0.497 e. The Morgan fingerprint density at radius 1 is 0.921 bits per heavy atom. The SMILES string of the molecule is COc1ccc(-c2nc(-c3ccccc3)[nH]c2CCNS(=O)(=O)N2CCN(c3cccc(C)c3)CC2)cc1. The van der Waals surface area contributed by atoms with Crippen LogP contribution in [0, 0.1) is 6.92 Å². The lowest BCUT2D eigenvalue weighted by atomic mass is 10.1. The van der Waals surface area contributed by atoms with E-state index in [1.807, 2.05) is 60.7 Å². The first-order chi connectivity index (χ1) is 18.4. The number of nitrogens with zero attached hydrogens (tertiary/aromatic N) is 3. The fraction of sp³-hybridized carbons (Fsp3) is 0.276. The van der Waals surface area contributed by atoms with Crippen molar-refractivity contribution in [1.29, 1.82) is 0 Å². The number of nitrogens with one attached hydrogen (secondary N) is 2. The normalized spacial score (nSPS) is 14.5. The molecule has 0 radical (unpaired) electrons. The average Bonchev–Trinajstić information content (AvgIpc) is 3.38. The Balaban J connectivity index is 1.26. The monoisotopic (exact) mass is 531 g/mol. The van der Waals surface area contributed by atoms with Crippen LogP contribution in [-0.2, 0) is 16.6 Å². The van der Waals surface area contributed by atoms with Gasteiger partial charge in [0.15, 0.2) is 0 Å². The zero-order valence-electron chi connectivity index (χ0n) is 21.7. The standard InChI is InChI=1S/C29H33N5O3S/c1-22-7-6-10-25(21-22)33-17-19-34(20-18-33)38(35,36)30-16-15-27-28(23-11-13-26(37-2)14-12-23)32-29(31-27)24-8-4-3-5-9-24/h3-14,21,30H,15-20H2,1-2H3,(H,31,32). The number of methoxy groups -OCH3 is 1. The van der Waals surface area contributed by atoms with Crippen molar-refractivity contribution in [1.82, 2.24) is 19.0 Å². The van der Waals surface area contributed by atoms with Crippen molar-refractivity contribution in [3.63, 3.8) is 0 Å². The predicted octanol–water partition coefficient (Wildman–Crippen LogP) is 4.26. The molecule has 0 saturated carbocycles. The van der Waals surface area contributed by atoms with Gasteiger partial charge in [0.05, 0.1) is 12.8 Å². The summed E-state index contributed by atoms with van der Waals surface area (Å²) in [6, 6.07) is 25.9. The second-order valence-corrected chi connectivity index (χ2v) is 11.1. The summed E-state index contributed by atoms with van der Waals surface area (Å²) in [5.41, 5.74) is 5.92. The first-order valence-electron chi connectivity index (χ1n) is 12.8. The van der Waals surface area contributed by atoms with Crippen molar-refractivity contribution in [2.75, 3.05) is 44.7 Å². The van der Waals surface area contributed by atoms with E-state index in [0.717, 1.165) is 39.8 Å². The van der Waals surface area contributed by atoms with Gasteiger partial charge in [0.2, 0.25) is 0 Å². The Morgan fingerprint density at radius 3 is 2.34 bits per heavy atom. The summed E-state index contributed by atoms with van der Waals surface area (Å²) in [6.07, 6.45) is 0.476. The third-order valence-electron chi connectivity index (χ3n) is 6.79. The quantitative estimate of drug-likeness (QED) is 0.337. The molecule has 2 heterocycles. The van der Waals surface area contributed by atoms with Crippen LogP contribution in [0.15, 0.2) is 78.9 Å². The van der Waals surface area contributed by atoms with Crippen LogP contribution in [-0.4, -0.2) is 62.5 Å². The van der Waals surface area contributed by atoms with Gasteiger partial charge in [-0.25, -0.2) is 9.71 Å². The molecule has 198 valence electrons. The molecule has 0 amide bonds. The summed E-state index contributed by atoms with van der Waals surface area (Å²) in [6.45, 7) is 4.54. The number of benzene rings is 3. The highest BCUT2D eigenvalue weighted by Crippen LogP contribution is 2.28. The van der Waals surface area contributed by atoms with Crippen molar-refractivity contribution in [3.05, 3.63) is 90.1 Å². The Morgan fingerprint density at radius 2 is 1.66 bits per heavy atom. The Kier molecular flexibility index (Phi) is 7.78. The molecule has 38 heavy (non-hydrogen) atoms. The molecule has 0 bridgehead atoms. The van der Waals surface area contributed by atoms with Gasteiger partial charge in [-0.05, 0) is 48.9 Å². The van der Waals surface area contributed by atoms with E-state index in [1.165, 1.54) is 9.87 Å². The third-order valence-corrected chi connectivity index (χ3v) is 8.41. The molecular formula is C29H33N5O3S. The van der Waals surface area contributed by atoms with Crippen LogP contribution in [0.5, 0.6) is 5.75 Å². The molecule has 0 aliphatic carbocycles. The van der Waals surface area contributed by atoms with Crippen LogP contribution in [0.3, 0.4) is 0 Å². The number of imidazole rings is 1. The lowest BCUT2D eigenvalue weighted by Crippen LogP contribution is -2.52. The van der Waals surface area contributed by atoms with Crippen molar-refractivity contribution in [2.24, 2.45) is 0 Å². The summed E-state index contributed by atoms with van der Waals surface area (Å²) < 4.78 is 35.8. The number of rotatable bonds is 9. The van der Waals surface area contributed by atoms with Crippen molar-refractivity contribution < 1.29 is 13.2 Å². The van der Waals surface area contributed by atoms with E-state index in [1.54, 1.807) is 7.11 Å². The highest BCUT2D eigenvalue weighted by atomic mass is 32.2. The molecule has 0 unspecified atom stereocenters. The minimum atomic E-state index is -3.59. The van der Waals surface area contributed by atoms with Gasteiger partial charge in [-0.15, -0.1) is 0 Å². The van der Waals surface area contributed by atoms with Gasteiger partial charge in [-0.1, -0.05) is 42.5 Å².